The summed E-state index contributed by atoms with van der Waals surface area (Å²) in [5, 5.41) is 22.0. The van der Waals surface area contributed by atoms with E-state index in [1.807, 2.05) is 6.07 Å². The van der Waals surface area contributed by atoms with E-state index in [0.717, 1.165) is 11.3 Å². The van der Waals surface area contributed by atoms with Crippen LogP contribution in [0.1, 0.15) is 5.56 Å². The standard InChI is InChI=1S/C13H12ClNO2/c14-12-7-10(4-5-13(12)17)15-8-9-2-1-3-11(16)6-9/h1-7,15-17H,8H2. The molecule has 0 fully saturated rings. The first-order valence-corrected chi connectivity index (χ1v) is 5.53. The third kappa shape index (κ3) is 3.04. The van der Waals surface area contributed by atoms with Gasteiger partial charge in [0.25, 0.3) is 0 Å². The fourth-order valence-corrected chi connectivity index (χ4v) is 1.67. The lowest BCUT2D eigenvalue weighted by molar-refractivity contribution is 0.474. The maximum absolute atomic E-state index is 9.31. The molecule has 0 aliphatic carbocycles. The molecule has 0 saturated heterocycles. The molecule has 0 aliphatic rings. The molecule has 3 N–H and O–H groups in total. The molecule has 88 valence electrons. The number of aromatic hydroxyl groups is 2. The summed E-state index contributed by atoms with van der Waals surface area (Å²) < 4.78 is 0. The molecule has 2 aromatic carbocycles. The zero-order chi connectivity index (χ0) is 12.3. The van der Waals surface area contributed by atoms with Gasteiger partial charge in [0.1, 0.15) is 11.5 Å². The molecular formula is C13H12ClNO2. The van der Waals surface area contributed by atoms with Crippen LogP contribution in [-0.2, 0) is 6.54 Å². The minimum atomic E-state index is 0.0644. The van der Waals surface area contributed by atoms with Crippen molar-refractivity contribution >= 4 is 17.3 Å². The van der Waals surface area contributed by atoms with Gasteiger partial charge in [0.15, 0.2) is 0 Å². The second kappa shape index (κ2) is 4.97. The van der Waals surface area contributed by atoms with E-state index >= 15 is 0 Å². The first-order chi connectivity index (χ1) is 8.15. The second-order valence-corrected chi connectivity index (χ2v) is 4.10. The molecule has 0 atom stereocenters. The summed E-state index contributed by atoms with van der Waals surface area (Å²) in [5.74, 6) is 0.308. The third-order valence-electron chi connectivity index (χ3n) is 2.35. The van der Waals surface area contributed by atoms with E-state index in [1.54, 1.807) is 30.3 Å². The first kappa shape index (κ1) is 11.6. The highest BCUT2D eigenvalue weighted by atomic mass is 35.5. The van der Waals surface area contributed by atoms with E-state index in [1.165, 1.54) is 6.07 Å². The van der Waals surface area contributed by atoms with Crippen LogP contribution in [-0.4, -0.2) is 10.2 Å². The number of phenols is 2. The lowest BCUT2D eigenvalue weighted by Gasteiger charge is -2.07. The van der Waals surface area contributed by atoms with E-state index in [2.05, 4.69) is 5.32 Å². The predicted molar refractivity (Wildman–Crippen MR) is 68.6 cm³/mol. The van der Waals surface area contributed by atoms with Crippen molar-refractivity contribution < 1.29 is 10.2 Å². The van der Waals surface area contributed by atoms with Gasteiger partial charge in [-0.1, -0.05) is 23.7 Å². The fourth-order valence-electron chi connectivity index (χ4n) is 1.49. The molecule has 0 saturated carbocycles. The Kier molecular flexibility index (Phi) is 3.40. The normalized spacial score (nSPS) is 10.2. The van der Waals surface area contributed by atoms with Crippen molar-refractivity contribution in [3.05, 3.63) is 53.1 Å². The smallest absolute Gasteiger partial charge is 0.134 e. The Labute approximate surface area is 104 Å². The van der Waals surface area contributed by atoms with Crippen LogP contribution in [0.3, 0.4) is 0 Å². The minimum absolute atomic E-state index is 0.0644. The summed E-state index contributed by atoms with van der Waals surface area (Å²) in [4.78, 5) is 0. The van der Waals surface area contributed by atoms with Crippen LogP contribution in [0.4, 0.5) is 5.69 Å². The maximum Gasteiger partial charge on any atom is 0.134 e. The Morgan fingerprint density at radius 3 is 2.59 bits per heavy atom. The largest absolute Gasteiger partial charge is 0.508 e. The van der Waals surface area contributed by atoms with Gasteiger partial charge in [-0.05, 0) is 35.9 Å². The van der Waals surface area contributed by atoms with Gasteiger partial charge in [0, 0.05) is 12.2 Å². The Morgan fingerprint density at radius 2 is 1.88 bits per heavy atom. The second-order valence-electron chi connectivity index (χ2n) is 3.69. The molecule has 0 bridgehead atoms. The molecular weight excluding hydrogens is 238 g/mol. The van der Waals surface area contributed by atoms with Crippen molar-refractivity contribution in [3.63, 3.8) is 0 Å². The molecule has 0 heterocycles. The Balaban J connectivity index is 2.05. The van der Waals surface area contributed by atoms with Crippen molar-refractivity contribution in [1.29, 1.82) is 0 Å². The number of phenolic OH excluding ortho intramolecular Hbond substituents is 2. The van der Waals surface area contributed by atoms with Crippen molar-refractivity contribution in [2.45, 2.75) is 6.54 Å². The predicted octanol–water partition coefficient (Wildman–Crippen LogP) is 3.36. The van der Waals surface area contributed by atoms with Gasteiger partial charge in [0.2, 0.25) is 0 Å². The summed E-state index contributed by atoms with van der Waals surface area (Å²) in [6.07, 6.45) is 0. The monoisotopic (exact) mass is 249 g/mol. The van der Waals surface area contributed by atoms with Gasteiger partial charge in [-0.2, -0.15) is 0 Å². The molecule has 2 rings (SSSR count). The Bertz CT molecular complexity index is 529. The van der Waals surface area contributed by atoms with Crippen LogP contribution in [0.25, 0.3) is 0 Å². The van der Waals surface area contributed by atoms with E-state index in [4.69, 9.17) is 11.6 Å². The van der Waals surface area contributed by atoms with Crippen LogP contribution in [0.5, 0.6) is 11.5 Å². The highest BCUT2D eigenvalue weighted by molar-refractivity contribution is 6.32. The van der Waals surface area contributed by atoms with Gasteiger partial charge >= 0.3 is 0 Å². The number of nitrogens with one attached hydrogen (secondary N) is 1. The molecule has 0 unspecified atom stereocenters. The summed E-state index contributed by atoms with van der Waals surface area (Å²) in [6, 6.07) is 11.9. The van der Waals surface area contributed by atoms with Gasteiger partial charge in [-0.3, -0.25) is 0 Å². The summed E-state index contributed by atoms with van der Waals surface area (Å²) in [6.45, 7) is 0.579. The van der Waals surface area contributed by atoms with Gasteiger partial charge in [0.05, 0.1) is 5.02 Å². The summed E-state index contributed by atoms with van der Waals surface area (Å²) >= 11 is 5.79. The zero-order valence-electron chi connectivity index (χ0n) is 9.02. The van der Waals surface area contributed by atoms with Crippen LogP contribution in [0.15, 0.2) is 42.5 Å². The van der Waals surface area contributed by atoms with E-state index in [0.29, 0.717) is 11.6 Å². The maximum atomic E-state index is 9.31. The lowest BCUT2D eigenvalue weighted by Crippen LogP contribution is -1.98. The molecule has 0 aliphatic heterocycles. The van der Waals surface area contributed by atoms with E-state index in [9.17, 15) is 10.2 Å². The molecule has 2 aromatic rings. The van der Waals surface area contributed by atoms with E-state index < -0.39 is 0 Å². The van der Waals surface area contributed by atoms with Crippen molar-refractivity contribution in [2.24, 2.45) is 0 Å². The Morgan fingerprint density at radius 1 is 1.06 bits per heavy atom. The minimum Gasteiger partial charge on any atom is -0.508 e. The average molecular weight is 250 g/mol. The fraction of sp³-hybridized carbons (Fsp3) is 0.0769. The summed E-state index contributed by atoms with van der Waals surface area (Å²) in [7, 11) is 0. The molecule has 0 spiro atoms. The SMILES string of the molecule is Oc1cccc(CNc2ccc(O)c(Cl)c2)c1. The number of hydrogen-bond donors (Lipinski definition) is 3. The molecule has 17 heavy (non-hydrogen) atoms. The molecule has 0 radical (unpaired) electrons. The molecule has 4 heteroatoms. The first-order valence-electron chi connectivity index (χ1n) is 5.15. The van der Waals surface area contributed by atoms with Gasteiger partial charge in [-0.15, -0.1) is 0 Å². The molecule has 0 amide bonds. The lowest BCUT2D eigenvalue weighted by atomic mass is 10.2. The molecule has 0 aromatic heterocycles. The van der Waals surface area contributed by atoms with Crippen molar-refractivity contribution in [3.8, 4) is 11.5 Å². The van der Waals surface area contributed by atoms with Gasteiger partial charge < -0.3 is 15.5 Å². The number of halogens is 1. The van der Waals surface area contributed by atoms with Crippen LogP contribution in [0.2, 0.25) is 5.02 Å². The quantitative estimate of drug-likeness (QED) is 0.731. The number of hydrogen-bond acceptors (Lipinski definition) is 3. The molecule has 3 nitrogen and oxygen atoms in total. The van der Waals surface area contributed by atoms with Crippen LogP contribution >= 0.6 is 11.6 Å². The van der Waals surface area contributed by atoms with Crippen molar-refractivity contribution in [2.75, 3.05) is 5.32 Å². The van der Waals surface area contributed by atoms with Crippen LogP contribution in [0, 0.1) is 0 Å². The number of anilines is 1. The van der Waals surface area contributed by atoms with E-state index in [-0.39, 0.29) is 11.5 Å². The van der Waals surface area contributed by atoms with Crippen molar-refractivity contribution in [1.82, 2.24) is 0 Å². The topological polar surface area (TPSA) is 52.5 Å². The van der Waals surface area contributed by atoms with Gasteiger partial charge in [-0.25, -0.2) is 0 Å². The number of benzene rings is 2. The average Bonchev–Trinajstić information content (AvgIpc) is 2.31. The number of rotatable bonds is 3. The highest BCUT2D eigenvalue weighted by Gasteiger charge is 2.00. The zero-order valence-corrected chi connectivity index (χ0v) is 9.78. The third-order valence-corrected chi connectivity index (χ3v) is 2.66. The summed E-state index contributed by atoms with van der Waals surface area (Å²) in [5.41, 5.74) is 1.78. The van der Waals surface area contributed by atoms with Crippen LogP contribution < -0.4 is 5.32 Å². The highest BCUT2D eigenvalue weighted by Crippen LogP contribution is 2.26. The Hall–Kier alpha value is -1.87.